The molecule has 0 aromatic heterocycles. The van der Waals surface area contributed by atoms with E-state index in [1.165, 1.54) is 64.2 Å². The second kappa shape index (κ2) is 17.4. The zero-order chi connectivity index (χ0) is 14.0. The first-order valence-corrected chi connectivity index (χ1v) is 8.32. The van der Waals surface area contributed by atoms with Crippen LogP contribution in [-0.4, -0.2) is 11.7 Å². The maximum Gasteiger partial charge on any atom is 0.0431 e. The predicted molar refractivity (Wildman–Crippen MR) is 86.4 cm³/mol. The van der Waals surface area contributed by atoms with Gasteiger partial charge in [-0.3, -0.25) is 0 Å². The third-order valence-corrected chi connectivity index (χ3v) is 3.36. The second-order valence-electron chi connectivity index (χ2n) is 5.31. The molecular weight excluding hydrogens is 232 g/mol. The lowest BCUT2D eigenvalue weighted by Gasteiger charge is -1.98. The first kappa shape index (κ1) is 18.4. The molecule has 1 heteroatoms. The topological polar surface area (TPSA) is 20.2 Å². The lowest BCUT2D eigenvalue weighted by molar-refractivity contribution is 0.282. The van der Waals surface area contributed by atoms with Gasteiger partial charge in [0.25, 0.3) is 0 Å². The molecule has 0 saturated carbocycles. The van der Waals surface area contributed by atoms with Crippen molar-refractivity contribution in [3.63, 3.8) is 0 Å². The van der Waals surface area contributed by atoms with Gasteiger partial charge >= 0.3 is 0 Å². The Labute approximate surface area is 120 Å². The average molecular weight is 266 g/mol. The van der Waals surface area contributed by atoms with Crippen molar-refractivity contribution in [3.05, 3.63) is 24.3 Å². The monoisotopic (exact) mass is 266 g/mol. The van der Waals surface area contributed by atoms with Crippen LogP contribution in [0, 0.1) is 0 Å². The molecule has 0 aliphatic heterocycles. The van der Waals surface area contributed by atoms with E-state index in [2.05, 4.69) is 31.2 Å². The molecule has 0 aromatic rings. The number of hydrogen-bond acceptors (Lipinski definition) is 1. The molecule has 0 fully saturated rings. The third-order valence-electron chi connectivity index (χ3n) is 3.36. The number of rotatable bonds is 14. The van der Waals surface area contributed by atoms with Crippen LogP contribution in [0.15, 0.2) is 24.3 Å². The molecule has 0 spiro atoms. The summed E-state index contributed by atoms with van der Waals surface area (Å²) < 4.78 is 0. The molecule has 0 radical (unpaired) electrons. The summed E-state index contributed by atoms with van der Waals surface area (Å²) in [5.41, 5.74) is 0. The maximum absolute atomic E-state index is 8.66. The molecule has 0 bridgehead atoms. The lowest BCUT2D eigenvalue weighted by Crippen LogP contribution is -1.83. The minimum absolute atomic E-state index is 0.356. The van der Waals surface area contributed by atoms with Gasteiger partial charge in [0.15, 0.2) is 0 Å². The number of unbranched alkanes of at least 4 members (excludes halogenated alkanes) is 9. The Balaban J connectivity index is 3.12. The number of aliphatic hydroxyl groups excluding tert-OH is 1. The Morgan fingerprint density at radius 2 is 1.16 bits per heavy atom. The van der Waals surface area contributed by atoms with Crippen LogP contribution in [0.2, 0.25) is 0 Å². The van der Waals surface area contributed by atoms with Crippen molar-refractivity contribution in [2.24, 2.45) is 0 Å². The van der Waals surface area contributed by atoms with Crippen LogP contribution >= 0.6 is 0 Å². The van der Waals surface area contributed by atoms with Crippen LogP contribution in [0.25, 0.3) is 0 Å². The van der Waals surface area contributed by atoms with Crippen LogP contribution in [0.5, 0.6) is 0 Å². The Morgan fingerprint density at radius 3 is 1.74 bits per heavy atom. The van der Waals surface area contributed by atoms with E-state index in [9.17, 15) is 0 Å². The Bertz CT molecular complexity index is 206. The van der Waals surface area contributed by atoms with Gasteiger partial charge in [0.2, 0.25) is 0 Å². The van der Waals surface area contributed by atoms with E-state index in [1.807, 2.05) is 0 Å². The van der Waals surface area contributed by atoms with Gasteiger partial charge in [0.1, 0.15) is 0 Å². The van der Waals surface area contributed by atoms with Crippen molar-refractivity contribution >= 4 is 0 Å². The van der Waals surface area contributed by atoms with Gasteiger partial charge in [0, 0.05) is 6.61 Å². The molecule has 112 valence electrons. The van der Waals surface area contributed by atoms with Crippen molar-refractivity contribution < 1.29 is 5.11 Å². The zero-order valence-electron chi connectivity index (χ0n) is 12.9. The van der Waals surface area contributed by atoms with E-state index in [-0.39, 0.29) is 0 Å². The highest BCUT2D eigenvalue weighted by molar-refractivity contribution is 4.92. The summed E-state index contributed by atoms with van der Waals surface area (Å²) >= 11 is 0. The second-order valence-corrected chi connectivity index (χ2v) is 5.31. The van der Waals surface area contributed by atoms with Crippen molar-refractivity contribution in [2.45, 2.75) is 84.0 Å². The van der Waals surface area contributed by atoms with Gasteiger partial charge in [-0.1, -0.05) is 69.8 Å². The summed E-state index contributed by atoms with van der Waals surface area (Å²) in [5, 5.41) is 8.66. The van der Waals surface area contributed by atoms with Crippen molar-refractivity contribution in [1.82, 2.24) is 0 Å². The fraction of sp³-hybridized carbons (Fsp3) is 0.778. The van der Waals surface area contributed by atoms with Crippen molar-refractivity contribution in [1.29, 1.82) is 0 Å². The minimum atomic E-state index is 0.356. The predicted octanol–water partition coefficient (Wildman–Crippen LogP) is 5.79. The zero-order valence-corrected chi connectivity index (χ0v) is 12.9. The molecular formula is C18H34O. The van der Waals surface area contributed by atoms with E-state index in [4.69, 9.17) is 5.11 Å². The molecule has 19 heavy (non-hydrogen) atoms. The van der Waals surface area contributed by atoms with E-state index >= 15 is 0 Å². The molecule has 0 aliphatic carbocycles. The van der Waals surface area contributed by atoms with Crippen molar-refractivity contribution in [2.75, 3.05) is 6.61 Å². The van der Waals surface area contributed by atoms with Crippen LogP contribution in [0.4, 0.5) is 0 Å². The fourth-order valence-corrected chi connectivity index (χ4v) is 2.10. The first-order valence-electron chi connectivity index (χ1n) is 8.32. The van der Waals surface area contributed by atoms with Gasteiger partial charge < -0.3 is 5.11 Å². The van der Waals surface area contributed by atoms with E-state index in [1.54, 1.807) is 0 Å². The summed E-state index contributed by atoms with van der Waals surface area (Å²) in [5.74, 6) is 0. The van der Waals surface area contributed by atoms with Crippen LogP contribution in [-0.2, 0) is 0 Å². The van der Waals surface area contributed by atoms with Gasteiger partial charge in [-0.2, -0.15) is 0 Å². The van der Waals surface area contributed by atoms with Crippen LogP contribution in [0.1, 0.15) is 84.0 Å². The Kier molecular flexibility index (Phi) is 16.9. The van der Waals surface area contributed by atoms with E-state index < -0.39 is 0 Å². The highest BCUT2D eigenvalue weighted by Gasteiger charge is 1.89. The standard InChI is InChI=1S/C18H34O/c1-2-3-4-5-6-7-8-9-10-11-12-13-14-15-16-17-18-19/h6-7,9-10,19H,2-5,8,11-18H2,1H3/b7-6+,10-9-. The smallest absolute Gasteiger partial charge is 0.0431 e. The average Bonchev–Trinajstić information content (AvgIpc) is 2.43. The normalized spacial score (nSPS) is 11.9. The highest BCUT2D eigenvalue weighted by Crippen LogP contribution is 2.07. The van der Waals surface area contributed by atoms with Crippen molar-refractivity contribution in [3.8, 4) is 0 Å². The molecule has 1 nitrogen and oxygen atoms in total. The van der Waals surface area contributed by atoms with E-state index in [0.29, 0.717) is 6.61 Å². The molecule has 0 unspecified atom stereocenters. The molecule has 0 aliphatic rings. The molecule has 0 aromatic carbocycles. The Morgan fingerprint density at radius 1 is 0.632 bits per heavy atom. The summed E-state index contributed by atoms with van der Waals surface area (Å²) in [6, 6.07) is 0. The molecule has 0 rings (SSSR count). The summed E-state index contributed by atoms with van der Waals surface area (Å²) in [7, 11) is 0. The third kappa shape index (κ3) is 17.4. The summed E-state index contributed by atoms with van der Waals surface area (Å²) in [6.45, 7) is 2.60. The largest absolute Gasteiger partial charge is 0.396 e. The van der Waals surface area contributed by atoms with Gasteiger partial charge in [0.05, 0.1) is 0 Å². The summed E-state index contributed by atoms with van der Waals surface area (Å²) in [4.78, 5) is 0. The molecule has 0 atom stereocenters. The number of hydrogen-bond donors (Lipinski definition) is 1. The molecule has 1 N–H and O–H groups in total. The Hall–Kier alpha value is -0.560. The van der Waals surface area contributed by atoms with Gasteiger partial charge in [-0.25, -0.2) is 0 Å². The molecule has 0 saturated heterocycles. The van der Waals surface area contributed by atoms with Crippen LogP contribution < -0.4 is 0 Å². The van der Waals surface area contributed by atoms with Gasteiger partial charge in [-0.15, -0.1) is 0 Å². The SMILES string of the molecule is CCCCC/C=C/C/C=C\CCCCCCCCO. The van der Waals surface area contributed by atoms with Gasteiger partial charge in [-0.05, 0) is 38.5 Å². The lowest BCUT2D eigenvalue weighted by atomic mass is 10.1. The van der Waals surface area contributed by atoms with Crippen LogP contribution in [0.3, 0.4) is 0 Å². The fourth-order valence-electron chi connectivity index (χ4n) is 2.10. The van der Waals surface area contributed by atoms with E-state index in [0.717, 1.165) is 12.8 Å². The quantitative estimate of drug-likeness (QED) is 0.311. The number of allylic oxidation sites excluding steroid dienone is 4. The number of aliphatic hydroxyl groups is 1. The molecule has 0 heterocycles. The summed E-state index contributed by atoms with van der Waals surface area (Å²) in [6.07, 6.45) is 24.2. The maximum atomic E-state index is 8.66. The highest BCUT2D eigenvalue weighted by atomic mass is 16.2. The molecule has 0 amide bonds. The minimum Gasteiger partial charge on any atom is -0.396 e. The first-order chi connectivity index (χ1) is 9.41.